The number of halogens is 5. The average Bonchev–Trinajstić information content (AvgIpc) is 3.02. The van der Waals surface area contributed by atoms with E-state index in [9.17, 15) is 22.0 Å². The number of aromatic nitrogens is 2. The Balaban J connectivity index is 1.40. The Labute approximate surface area is 169 Å². The molecule has 160 valence electrons. The molecule has 1 aliphatic carbocycles. The van der Waals surface area contributed by atoms with Gasteiger partial charge < -0.3 is 4.90 Å². The maximum Gasteiger partial charge on any atom is 0.393 e. The van der Waals surface area contributed by atoms with E-state index in [0.29, 0.717) is 42.1 Å². The molecule has 0 N–H and O–H groups in total. The number of alkyl halides is 5. The lowest BCUT2D eigenvalue weighted by molar-refractivity contribution is -0.126. The first-order chi connectivity index (χ1) is 13.7. The topological polar surface area (TPSA) is 32.3 Å². The quantitative estimate of drug-likeness (QED) is 0.651. The molecule has 3 heterocycles. The number of anilines is 1. The number of hydrogen-bond acceptors (Lipinski definition) is 5. The van der Waals surface area contributed by atoms with Crippen LogP contribution < -0.4 is 4.90 Å². The number of piperazine rings is 1. The molecule has 2 aromatic rings. The molecule has 29 heavy (non-hydrogen) atoms. The Hall–Kier alpha value is -1.55. The summed E-state index contributed by atoms with van der Waals surface area (Å²) in [6.07, 6.45) is -2.44. The number of fused-ring (bicyclic) bond motifs is 1. The molecule has 0 spiro atoms. The summed E-state index contributed by atoms with van der Waals surface area (Å²) in [7, 11) is 0. The van der Waals surface area contributed by atoms with E-state index < -0.39 is 18.5 Å². The summed E-state index contributed by atoms with van der Waals surface area (Å²) in [6.45, 7) is 3.47. The molecule has 2 aromatic heterocycles. The van der Waals surface area contributed by atoms with Gasteiger partial charge in [-0.05, 0) is 24.8 Å². The maximum atomic E-state index is 13.6. The highest BCUT2D eigenvalue weighted by Gasteiger charge is 2.37. The minimum absolute atomic E-state index is 0.00203. The van der Waals surface area contributed by atoms with Crippen molar-refractivity contribution in [3.63, 3.8) is 0 Å². The summed E-state index contributed by atoms with van der Waals surface area (Å²) in [6, 6.07) is 1.54. The number of thiophene rings is 1. The second-order valence-electron chi connectivity index (χ2n) is 8.03. The van der Waals surface area contributed by atoms with Crippen molar-refractivity contribution >= 4 is 27.4 Å². The molecular formula is C19H23F5N4S. The van der Waals surface area contributed by atoms with Crippen LogP contribution in [0, 0.1) is 5.92 Å². The molecular weight excluding hydrogens is 411 g/mol. The van der Waals surface area contributed by atoms with Crippen LogP contribution in [0.3, 0.4) is 0 Å². The van der Waals surface area contributed by atoms with E-state index in [0.717, 1.165) is 30.8 Å². The summed E-state index contributed by atoms with van der Waals surface area (Å²) in [5.74, 6) is -1.86. The molecule has 1 atom stereocenters. The van der Waals surface area contributed by atoms with Crippen LogP contribution in [0.2, 0.25) is 0 Å². The van der Waals surface area contributed by atoms with E-state index in [1.54, 1.807) is 6.07 Å². The molecule has 0 bridgehead atoms. The molecule has 0 aromatic carbocycles. The lowest BCUT2D eigenvalue weighted by atomic mass is 9.86. The maximum absolute atomic E-state index is 13.6. The zero-order valence-electron chi connectivity index (χ0n) is 15.9. The zero-order chi connectivity index (χ0) is 20.6. The van der Waals surface area contributed by atoms with E-state index in [1.165, 1.54) is 6.33 Å². The number of rotatable bonds is 4. The molecule has 1 saturated carbocycles. The highest BCUT2D eigenvalue weighted by molar-refractivity contribution is 7.18. The van der Waals surface area contributed by atoms with Gasteiger partial charge in [0.25, 0.3) is 0 Å². The Morgan fingerprint density at radius 2 is 1.90 bits per heavy atom. The minimum Gasteiger partial charge on any atom is -0.353 e. The molecule has 4 nitrogen and oxygen atoms in total. The van der Waals surface area contributed by atoms with Gasteiger partial charge in [-0.25, -0.2) is 18.7 Å². The minimum atomic E-state index is -4.25. The second-order valence-corrected chi connectivity index (χ2v) is 9.14. The smallest absolute Gasteiger partial charge is 0.353 e. The molecule has 0 amide bonds. The summed E-state index contributed by atoms with van der Waals surface area (Å²) in [5, 5.41) is 0.650. The molecule has 4 rings (SSSR count). The monoisotopic (exact) mass is 434 g/mol. The first-order valence-corrected chi connectivity index (χ1v) is 10.7. The molecule has 2 fully saturated rings. The van der Waals surface area contributed by atoms with Crippen LogP contribution in [0.5, 0.6) is 0 Å². The third-order valence-corrected chi connectivity index (χ3v) is 6.71. The second kappa shape index (κ2) is 7.94. The summed E-state index contributed by atoms with van der Waals surface area (Å²) < 4.78 is 65.4. The van der Waals surface area contributed by atoms with Gasteiger partial charge >= 0.3 is 6.18 Å². The molecule has 10 heteroatoms. The van der Waals surface area contributed by atoms with Gasteiger partial charge in [-0.15, -0.1) is 11.3 Å². The van der Waals surface area contributed by atoms with Crippen LogP contribution in [-0.2, 0) is 6.42 Å². The SMILES string of the molecule is FC(F)(F)Cc1cc2c(N3CCN(CC4CCCC(F)(F)C4)CC3)ncnc2s1. The fourth-order valence-corrected chi connectivity index (χ4v) is 5.39. The lowest BCUT2D eigenvalue weighted by Crippen LogP contribution is -2.48. The molecule has 1 aliphatic heterocycles. The van der Waals surface area contributed by atoms with Crippen molar-refractivity contribution in [3.8, 4) is 0 Å². The summed E-state index contributed by atoms with van der Waals surface area (Å²) in [4.78, 5) is 13.5. The van der Waals surface area contributed by atoms with Gasteiger partial charge in [-0.1, -0.05) is 0 Å². The Morgan fingerprint density at radius 1 is 1.14 bits per heavy atom. The van der Waals surface area contributed by atoms with E-state index in [1.807, 2.05) is 0 Å². The van der Waals surface area contributed by atoms with Crippen LogP contribution in [0.15, 0.2) is 12.4 Å². The molecule has 2 aliphatic rings. The number of hydrogen-bond donors (Lipinski definition) is 0. The third-order valence-electron chi connectivity index (χ3n) is 5.66. The largest absolute Gasteiger partial charge is 0.393 e. The van der Waals surface area contributed by atoms with Crippen molar-refractivity contribution in [2.24, 2.45) is 5.92 Å². The van der Waals surface area contributed by atoms with Gasteiger partial charge in [-0.3, -0.25) is 4.90 Å². The van der Waals surface area contributed by atoms with Crippen molar-refractivity contribution < 1.29 is 22.0 Å². The van der Waals surface area contributed by atoms with E-state index in [4.69, 9.17) is 0 Å². The highest BCUT2D eigenvalue weighted by atomic mass is 32.1. The van der Waals surface area contributed by atoms with Crippen LogP contribution in [0.4, 0.5) is 27.8 Å². The average molecular weight is 434 g/mol. The van der Waals surface area contributed by atoms with Crippen molar-refractivity contribution in [1.82, 2.24) is 14.9 Å². The fourth-order valence-electron chi connectivity index (χ4n) is 4.37. The van der Waals surface area contributed by atoms with Gasteiger partial charge in [0.2, 0.25) is 5.92 Å². The fraction of sp³-hybridized carbons (Fsp3) is 0.684. The van der Waals surface area contributed by atoms with Crippen molar-refractivity contribution in [2.75, 3.05) is 37.6 Å². The van der Waals surface area contributed by atoms with E-state index >= 15 is 0 Å². The first kappa shape index (κ1) is 20.7. The van der Waals surface area contributed by atoms with Crippen LogP contribution in [0.1, 0.15) is 30.6 Å². The zero-order valence-corrected chi connectivity index (χ0v) is 16.7. The Kier molecular flexibility index (Phi) is 5.67. The van der Waals surface area contributed by atoms with Crippen LogP contribution >= 0.6 is 11.3 Å². The third kappa shape index (κ3) is 5.14. The van der Waals surface area contributed by atoms with E-state index in [-0.39, 0.29) is 23.6 Å². The molecule has 1 saturated heterocycles. The molecule has 1 unspecified atom stereocenters. The predicted octanol–water partition coefficient (Wildman–Crippen LogP) is 4.74. The van der Waals surface area contributed by atoms with Crippen LogP contribution in [-0.4, -0.2) is 59.7 Å². The van der Waals surface area contributed by atoms with Gasteiger partial charge in [-0.2, -0.15) is 13.2 Å². The predicted molar refractivity (Wildman–Crippen MR) is 103 cm³/mol. The first-order valence-electron chi connectivity index (χ1n) is 9.84. The van der Waals surface area contributed by atoms with E-state index in [2.05, 4.69) is 19.8 Å². The number of nitrogens with zero attached hydrogens (tertiary/aromatic N) is 4. The molecule has 0 radical (unpaired) electrons. The summed E-state index contributed by atoms with van der Waals surface area (Å²) in [5.41, 5.74) is 0. The van der Waals surface area contributed by atoms with Crippen molar-refractivity contribution in [1.29, 1.82) is 0 Å². The van der Waals surface area contributed by atoms with Gasteiger partial charge in [0, 0.05) is 50.4 Å². The van der Waals surface area contributed by atoms with Crippen LogP contribution in [0.25, 0.3) is 10.2 Å². The normalized spacial score (nSPS) is 23.6. The lowest BCUT2D eigenvalue weighted by Gasteiger charge is -2.38. The Morgan fingerprint density at radius 3 is 2.59 bits per heavy atom. The standard InChI is InChI=1S/C19H23F5N4S/c20-18(21)3-1-2-13(9-18)11-27-4-6-28(7-5-27)16-15-8-14(10-19(22,23)24)29-17(15)26-12-25-16/h8,12-13H,1-7,9-11H2. The van der Waals surface area contributed by atoms with Crippen molar-refractivity contribution in [3.05, 3.63) is 17.3 Å². The van der Waals surface area contributed by atoms with Crippen molar-refractivity contribution in [2.45, 2.75) is 44.2 Å². The Bertz CT molecular complexity index is 845. The summed E-state index contributed by atoms with van der Waals surface area (Å²) >= 11 is 1.05. The van der Waals surface area contributed by atoms with Gasteiger partial charge in [0.05, 0.1) is 11.8 Å². The van der Waals surface area contributed by atoms with Gasteiger partial charge in [0.1, 0.15) is 17.0 Å². The van der Waals surface area contributed by atoms with Gasteiger partial charge in [0.15, 0.2) is 0 Å². The highest BCUT2D eigenvalue weighted by Crippen LogP contribution is 2.37.